The zero-order chi connectivity index (χ0) is 52.6. The Hall–Kier alpha value is -7.47. The Kier molecular flexibility index (Phi) is 23.4. The number of benzene rings is 6. The number of phenols is 3. The molecule has 0 aliphatic heterocycles. The molecule has 0 unspecified atom stereocenters. The first-order chi connectivity index (χ1) is 36.6. The molecule has 2 aliphatic rings. The summed E-state index contributed by atoms with van der Waals surface area (Å²) in [6.45, 7) is 4.47. The minimum absolute atomic E-state index is 0. The van der Waals surface area contributed by atoms with E-state index >= 15 is 0 Å². The number of ether oxygens (including phenoxy) is 4. The van der Waals surface area contributed by atoms with Gasteiger partial charge < -0.3 is 34.3 Å². The second-order valence-corrected chi connectivity index (χ2v) is 19.0. The number of carbonyl (C=O) groups is 3. The van der Waals surface area contributed by atoms with Gasteiger partial charge >= 0.3 is 17.9 Å². The van der Waals surface area contributed by atoms with Gasteiger partial charge in [-0.25, -0.2) is 14.4 Å². The minimum atomic E-state index is -0.571. The van der Waals surface area contributed by atoms with Crippen LogP contribution in [0.15, 0.2) is 156 Å². The largest absolute Gasteiger partial charge is 0.508 e. The monoisotopic (exact) mass is 1080 g/mol. The van der Waals surface area contributed by atoms with Crippen LogP contribution in [0.25, 0.3) is 0 Å². The van der Waals surface area contributed by atoms with Crippen LogP contribution < -0.4 is 14.2 Å². The number of rotatable bonds is 23. The molecule has 0 aromatic heterocycles. The van der Waals surface area contributed by atoms with Gasteiger partial charge in [0.2, 0.25) is 0 Å². The summed E-state index contributed by atoms with van der Waals surface area (Å²) in [5, 5.41) is 30.0. The van der Waals surface area contributed by atoms with Crippen molar-refractivity contribution >= 4 is 41.7 Å². The van der Waals surface area contributed by atoms with Gasteiger partial charge in [-0.15, -0.1) is 0 Å². The van der Waals surface area contributed by atoms with Gasteiger partial charge in [-0.3, -0.25) is 9.98 Å². The number of unbranched alkanes of at least 4 members (excludes halogenated alkanes) is 7. The van der Waals surface area contributed by atoms with Gasteiger partial charge in [0.1, 0.15) is 34.5 Å². The van der Waals surface area contributed by atoms with Crippen molar-refractivity contribution in [3.8, 4) is 34.5 Å². The molecule has 0 heterocycles. The van der Waals surface area contributed by atoms with E-state index in [1.54, 1.807) is 61.0 Å². The maximum Gasteiger partial charge on any atom is 0.343 e. The number of aliphatic imine (C=N–C) groups is 2. The summed E-state index contributed by atoms with van der Waals surface area (Å²) in [4.78, 5) is 44.7. The molecule has 0 bridgehead atoms. The molecule has 2 aliphatic carbocycles. The van der Waals surface area contributed by atoms with Crippen molar-refractivity contribution in [2.75, 3.05) is 13.2 Å². The molecule has 0 amide bonds. The third-order valence-electron chi connectivity index (χ3n) is 13.5. The molecule has 0 spiro atoms. The van der Waals surface area contributed by atoms with Gasteiger partial charge in [0.15, 0.2) is 0 Å². The van der Waals surface area contributed by atoms with E-state index in [4.69, 9.17) is 18.9 Å². The maximum absolute atomic E-state index is 12.7. The quantitative estimate of drug-likeness (QED) is 0.0140. The fourth-order valence-corrected chi connectivity index (χ4v) is 9.17. The second-order valence-electron chi connectivity index (χ2n) is 19.0. The van der Waals surface area contributed by atoms with Crippen LogP contribution in [0.3, 0.4) is 0 Å². The Morgan fingerprint density at radius 2 is 0.895 bits per heavy atom. The Bertz CT molecular complexity index is 2840. The average Bonchev–Trinajstić information content (AvgIpc) is 4.19. The number of nitrogens with zero attached hydrogens (tertiary/aromatic N) is 2. The molecule has 401 valence electrons. The molecule has 0 saturated heterocycles. The molecule has 1 radical (unpaired) electrons. The number of hydrogen-bond acceptors (Lipinski definition) is 12. The van der Waals surface area contributed by atoms with E-state index in [1.165, 1.54) is 118 Å². The number of aromatic hydroxyl groups is 3. The fourth-order valence-electron chi connectivity index (χ4n) is 9.17. The second kappa shape index (κ2) is 30.8. The van der Waals surface area contributed by atoms with Crippen molar-refractivity contribution in [3.05, 3.63) is 179 Å². The van der Waals surface area contributed by atoms with E-state index in [-0.39, 0.29) is 51.8 Å². The number of hydrogen-bond donors (Lipinski definition) is 3. The Morgan fingerprint density at radius 3 is 1.32 bits per heavy atom. The van der Waals surface area contributed by atoms with Crippen LogP contribution in [0, 0.1) is 0 Å². The summed E-state index contributed by atoms with van der Waals surface area (Å²) in [5.41, 5.74) is 6.15. The summed E-state index contributed by atoms with van der Waals surface area (Å²) in [6.07, 6.45) is 23.4. The fraction of sp³-hybridized carbons (Fsp3) is 0.317. The van der Waals surface area contributed by atoms with Crippen molar-refractivity contribution in [2.24, 2.45) is 9.98 Å². The van der Waals surface area contributed by atoms with E-state index < -0.39 is 11.9 Å². The molecule has 13 heteroatoms. The van der Waals surface area contributed by atoms with Crippen LogP contribution in [0.4, 0.5) is 11.4 Å². The van der Waals surface area contributed by atoms with Crippen molar-refractivity contribution < 1.29 is 65.7 Å². The molecule has 8 rings (SSSR count). The van der Waals surface area contributed by atoms with E-state index in [9.17, 15) is 29.7 Å². The summed E-state index contributed by atoms with van der Waals surface area (Å²) < 4.78 is 21.6. The van der Waals surface area contributed by atoms with E-state index in [1.807, 2.05) is 24.3 Å². The number of esters is 3. The molecule has 76 heavy (non-hydrogen) atoms. The average molecular weight is 1080 g/mol. The predicted molar refractivity (Wildman–Crippen MR) is 294 cm³/mol. The smallest absolute Gasteiger partial charge is 0.343 e. The molecule has 6 aromatic rings. The Labute approximate surface area is 457 Å². The standard InChI is InChI=1S/C38H45NO6.C25H23NO4.Cu/c1-2-37(41)44-26-12-8-6-4-3-5-7-11-25-43-34-22-17-31(18-23-34)38(42)45-35-24-19-32(36(40)27-35)28-39-33-20-15-30(16-21-33)29-13-9-10-14-29;27-22-12-7-19(8-13-22)25(29)30-23-14-9-20(24(28)15-23)16-26-21-10-5-18(6-11-21)17-3-1-2-4-17;/h2,15-24,27-29,40H,1,3-14,25-26H2;5-17,27-28H,1-4H2;. The van der Waals surface area contributed by atoms with Crippen molar-refractivity contribution in [1.29, 1.82) is 0 Å². The SMILES string of the molecule is C=CC(=O)OCCCCCCCCCCOc1ccc(C(=O)Oc2ccc(C=Nc3ccc(C4CCCC4)cc3)c(O)c2)cc1.O=C(Oc1ccc(C=Nc2ccc(C3CCCC3)cc2)c(O)c1)c1ccc(O)cc1.[Cu]. The first-order valence-corrected chi connectivity index (χ1v) is 26.3. The van der Waals surface area contributed by atoms with Gasteiger partial charge in [-0.05, 0) is 159 Å². The first-order valence-electron chi connectivity index (χ1n) is 26.3. The van der Waals surface area contributed by atoms with Gasteiger partial charge in [0, 0.05) is 58.8 Å². The van der Waals surface area contributed by atoms with E-state index in [0.29, 0.717) is 53.1 Å². The maximum atomic E-state index is 12.7. The molecular formula is C63H68CuN2O10. The molecule has 12 nitrogen and oxygen atoms in total. The molecule has 0 atom stereocenters. The summed E-state index contributed by atoms with van der Waals surface area (Å²) in [7, 11) is 0. The summed E-state index contributed by atoms with van der Waals surface area (Å²) >= 11 is 0. The third kappa shape index (κ3) is 18.7. The van der Waals surface area contributed by atoms with Crippen LogP contribution in [0.2, 0.25) is 0 Å². The van der Waals surface area contributed by atoms with Crippen molar-refractivity contribution in [2.45, 2.75) is 115 Å². The molecular weight excluding hydrogens is 1010 g/mol. The summed E-state index contributed by atoms with van der Waals surface area (Å²) in [6, 6.07) is 38.6. The van der Waals surface area contributed by atoms with Crippen LogP contribution in [-0.4, -0.2) is 58.9 Å². The van der Waals surface area contributed by atoms with Crippen LogP contribution in [0.5, 0.6) is 34.5 Å². The van der Waals surface area contributed by atoms with Gasteiger partial charge in [0.05, 0.1) is 35.7 Å². The Morgan fingerprint density at radius 1 is 0.500 bits per heavy atom. The Balaban J connectivity index is 0.000000262. The van der Waals surface area contributed by atoms with Crippen LogP contribution >= 0.6 is 0 Å². The van der Waals surface area contributed by atoms with Gasteiger partial charge in [0.25, 0.3) is 0 Å². The van der Waals surface area contributed by atoms with Crippen molar-refractivity contribution in [3.63, 3.8) is 0 Å². The summed E-state index contributed by atoms with van der Waals surface area (Å²) in [5.74, 6) is 1.11. The minimum Gasteiger partial charge on any atom is -0.508 e. The van der Waals surface area contributed by atoms with Crippen molar-refractivity contribution in [1.82, 2.24) is 0 Å². The van der Waals surface area contributed by atoms with Crippen LogP contribution in [-0.2, 0) is 26.6 Å². The third-order valence-corrected chi connectivity index (χ3v) is 13.5. The topological polar surface area (TPSA) is 174 Å². The van der Waals surface area contributed by atoms with Gasteiger partial charge in [-0.1, -0.05) is 95.1 Å². The molecule has 2 saturated carbocycles. The zero-order valence-corrected chi connectivity index (χ0v) is 43.9. The zero-order valence-electron chi connectivity index (χ0n) is 42.9. The first kappa shape index (κ1) is 57.8. The van der Waals surface area contributed by atoms with Gasteiger partial charge in [-0.2, -0.15) is 0 Å². The van der Waals surface area contributed by atoms with E-state index in [0.717, 1.165) is 49.9 Å². The molecule has 3 N–H and O–H groups in total. The van der Waals surface area contributed by atoms with Crippen LogP contribution in [0.1, 0.15) is 158 Å². The molecule has 2 fully saturated rings. The van der Waals surface area contributed by atoms with E-state index in [2.05, 4.69) is 40.8 Å². The molecule has 6 aromatic carbocycles. The normalized spacial score (nSPS) is 13.4. The number of phenolic OH excluding ortho intramolecular Hbond substituents is 3. The number of carbonyl (C=O) groups excluding carboxylic acids is 3. The predicted octanol–water partition coefficient (Wildman–Crippen LogP) is 15.0.